The summed E-state index contributed by atoms with van der Waals surface area (Å²) in [6.45, 7) is 6.74. The van der Waals surface area contributed by atoms with Crippen molar-refractivity contribution in [1.82, 2.24) is 9.80 Å². The van der Waals surface area contributed by atoms with Gasteiger partial charge in [-0.25, -0.2) is 0 Å². The van der Waals surface area contributed by atoms with Gasteiger partial charge in [-0.3, -0.25) is 14.5 Å². The molecule has 0 spiro atoms. The average molecular weight is 446 g/mol. The van der Waals surface area contributed by atoms with Crippen LogP contribution in [0.3, 0.4) is 0 Å². The summed E-state index contributed by atoms with van der Waals surface area (Å²) in [5, 5.41) is 4.08. The second-order valence-corrected chi connectivity index (χ2v) is 8.26. The molecular formula is C23H25Cl2N3O2. The quantitative estimate of drug-likeness (QED) is 0.693. The number of benzene rings is 2. The number of piperazine rings is 1. The third-order valence-corrected chi connectivity index (χ3v) is 5.73. The van der Waals surface area contributed by atoms with Crippen LogP contribution in [0.5, 0.6) is 0 Å². The Morgan fingerprint density at radius 3 is 2.33 bits per heavy atom. The summed E-state index contributed by atoms with van der Waals surface area (Å²) >= 11 is 12.0. The summed E-state index contributed by atoms with van der Waals surface area (Å²) in [5.41, 5.74) is 3.72. The number of nitrogens with zero attached hydrogens (tertiary/aromatic N) is 2. The third-order valence-electron chi connectivity index (χ3n) is 5.16. The van der Waals surface area contributed by atoms with Crippen molar-refractivity contribution in [3.05, 3.63) is 69.2 Å². The van der Waals surface area contributed by atoms with E-state index in [4.69, 9.17) is 23.2 Å². The van der Waals surface area contributed by atoms with E-state index in [-0.39, 0.29) is 11.8 Å². The lowest BCUT2D eigenvalue weighted by Crippen LogP contribution is -2.50. The molecule has 1 aliphatic rings. The largest absolute Gasteiger partial charge is 0.337 e. The van der Waals surface area contributed by atoms with Gasteiger partial charge >= 0.3 is 0 Å². The number of carbonyl (C=O) groups excluding carboxylic acids is 2. The molecule has 7 heteroatoms. The van der Waals surface area contributed by atoms with E-state index in [1.54, 1.807) is 29.2 Å². The third kappa shape index (κ3) is 5.85. The fraction of sp³-hybridized carbons (Fsp3) is 0.304. The van der Waals surface area contributed by atoms with Gasteiger partial charge in [0.1, 0.15) is 0 Å². The lowest BCUT2D eigenvalue weighted by atomic mass is 10.1. The second kappa shape index (κ2) is 10.1. The van der Waals surface area contributed by atoms with E-state index in [9.17, 15) is 9.59 Å². The van der Waals surface area contributed by atoms with Gasteiger partial charge in [0.25, 0.3) is 0 Å². The number of carbonyl (C=O) groups is 2. The summed E-state index contributed by atoms with van der Waals surface area (Å²) in [6.07, 6.45) is 3.23. The monoisotopic (exact) mass is 445 g/mol. The first kappa shape index (κ1) is 22.3. The molecule has 0 bridgehead atoms. The SMILES string of the molecule is Cc1cccc(C)c1NC(=O)CN1CCN(C(=O)C=Cc2ccc(Cl)cc2Cl)CC1. The van der Waals surface area contributed by atoms with Gasteiger partial charge in [-0.15, -0.1) is 0 Å². The van der Waals surface area contributed by atoms with E-state index >= 15 is 0 Å². The Hall–Kier alpha value is -2.34. The van der Waals surface area contributed by atoms with E-state index in [0.717, 1.165) is 22.4 Å². The van der Waals surface area contributed by atoms with Crippen molar-refractivity contribution in [2.24, 2.45) is 0 Å². The normalized spacial score (nSPS) is 14.9. The van der Waals surface area contributed by atoms with Crippen LogP contribution in [0.1, 0.15) is 16.7 Å². The van der Waals surface area contributed by atoms with Crippen LogP contribution < -0.4 is 5.32 Å². The highest BCUT2D eigenvalue weighted by molar-refractivity contribution is 6.35. The molecule has 30 heavy (non-hydrogen) atoms. The van der Waals surface area contributed by atoms with Crippen LogP contribution in [0.4, 0.5) is 5.69 Å². The van der Waals surface area contributed by atoms with Crippen molar-refractivity contribution < 1.29 is 9.59 Å². The first-order valence-electron chi connectivity index (χ1n) is 9.84. The zero-order valence-corrected chi connectivity index (χ0v) is 18.6. The Balaban J connectivity index is 1.49. The predicted octanol–water partition coefficient (Wildman–Crippen LogP) is 4.41. The summed E-state index contributed by atoms with van der Waals surface area (Å²) in [4.78, 5) is 28.8. The molecule has 1 N–H and O–H groups in total. The molecule has 0 aromatic heterocycles. The number of hydrogen-bond acceptors (Lipinski definition) is 3. The summed E-state index contributed by atoms with van der Waals surface area (Å²) in [7, 11) is 0. The fourth-order valence-electron chi connectivity index (χ4n) is 3.42. The molecule has 2 aromatic carbocycles. The highest BCUT2D eigenvalue weighted by Gasteiger charge is 2.21. The summed E-state index contributed by atoms with van der Waals surface area (Å²) in [5.74, 6) is -0.106. The van der Waals surface area contributed by atoms with Gasteiger partial charge < -0.3 is 10.2 Å². The van der Waals surface area contributed by atoms with E-state index in [1.165, 1.54) is 6.08 Å². The molecule has 158 valence electrons. The van der Waals surface area contributed by atoms with Crippen LogP contribution in [0, 0.1) is 13.8 Å². The van der Waals surface area contributed by atoms with E-state index < -0.39 is 0 Å². The number of aryl methyl sites for hydroxylation is 2. The first-order valence-corrected chi connectivity index (χ1v) is 10.6. The Morgan fingerprint density at radius 1 is 1.03 bits per heavy atom. The van der Waals surface area contributed by atoms with Crippen LogP contribution in [0.15, 0.2) is 42.5 Å². The number of para-hydroxylation sites is 1. The standard InChI is InChI=1S/C23H25Cl2N3O2/c1-16-4-3-5-17(2)23(16)26-21(29)15-27-10-12-28(13-11-27)22(30)9-7-18-6-8-19(24)14-20(18)25/h3-9,14H,10-13,15H2,1-2H3,(H,26,29). The van der Waals surface area contributed by atoms with Crippen LogP contribution >= 0.6 is 23.2 Å². The molecule has 1 heterocycles. The molecule has 0 unspecified atom stereocenters. The maximum absolute atomic E-state index is 12.5. The van der Waals surface area contributed by atoms with Crippen molar-refractivity contribution in [1.29, 1.82) is 0 Å². The van der Waals surface area contributed by atoms with E-state index in [1.807, 2.05) is 32.0 Å². The maximum Gasteiger partial charge on any atom is 0.246 e. The fourth-order valence-corrected chi connectivity index (χ4v) is 3.89. The molecule has 1 saturated heterocycles. The first-order chi connectivity index (χ1) is 14.3. The van der Waals surface area contributed by atoms with E-state index in [2.05, 4.69) is 10.2 Å². The zero-order chi connectivity index (χ0) is 21.7. The van der Waals surface area contributed by atoms with Gasteiger partial charge in [0, 0.05) is 48.0 Å². The Kier molecular flexibility index (Phi) is 7.53. The van der Waals surface area contributed by atoms with Crippen molar-refractivity contribution in [2.75, 3.05) is 38.0 Å². The minimum Gasteiger partial charge on any atom is -0.337 e. The molecule has 0 aliphatic carbocycles. The lowest BCUT2D eigenvalue weighted by molar-refractivity contribution is -0.127. The van der Waals surface area contributed by atoms with Crippen LogP contribution in [-0.2, 0) is 9.59 Å². The van der Waals surface area contributed by atoms with Gasteiger partial charge in [0.05, 0.1) is 6.54 Å². The Labute approximate surface area is 187 Å². The molecule has 1 aliphatic heterocycles. The van der Waals surface area contributed by atoms with Crippen LogP contribution in [0.2, 0.25) is 10.0 Å². The number of rotatable bonds is 5. The highest BCUT2D eigenvalue weighted by Crippen LogP contribution is 2.22. The number of hydrogen-bond donors (Lipinski definition) is 1. The summed E-state index contributed by atoms with van der Waals surface area (Å²) < 4.78 is 0. The molecule has 1 fully saturated rings. The highest BCUT2D eigenvalue weighted by atomic mass is 35.5. The average Bonchev–Trinajstić information content (AvgIpc) is 2.70. The summed E-state index contributed by atoms with van der Waals surface area (Å²) in [6, 6.07) is 11.1. The van der Waals surface area contributed by atoms with Crippen LogP contribution in [0.25, 0.3) is 6.08 Å². The molecule has 5 nitrogen and oxygen atoms in total. The molecule has 0 radical (unpaired) electrons. The van der Waals surface area contributed by atoms with Gasteiger partial charge in [0.2, 0.25) is 11.8 Å². The van der Waals surface area contributed by atoms with Gasteiger partial charge in [0.15, 0.2) is 0 Å². The maximum atomic E-state index is 12.5. The van der Waals surface area contributed by atoms with Crippen LogP contribution in [-0.4, -0.2) is 54.3 Å². The molecule has 2 aromatic rings. The van der Waals surface area contributed by atoms with Crippen molar-refractivity contribution in [2.45, 2.75) is 13.8 Å². The van der Waals surface area contributed by atoms with Gasteiger partial charge in [-0.1, -0.05) is 47.5 Å². The van der Waals surface area contributed by atoms with Gasteiger partial charge in [-0.2, -0.15) is 0 Å². The van der Waals surface area contributed by atoms with Crippen molar-refractivity contribution >= 4 is 46.8 Å². The molecule has 2 amide bonds. The van der Waals surface area contributed by atoms with Gasteiger partial charge in [-0.05, 0) is 48.7 Å². The minimum absolute atomic E-state index is 0.0375. The number of amides is 2. The molecule has 0 saturated carbocycles. The minimum atomic E-state index is -0.0688. The number of halogens is 2. The molecule has 0 atom stereocenters. The molecule has 3 rings (SSSR count). The smallest absolute Gasteiger partial charge is 0.246 e. The number of anilines is 1. The lowest BCUT2D eigenvalue weighted by Gasteiger charge is -2.33. The topological polar surface area (TPSA) is 52.7 Å². The van der Waals surface area contributed by atoms with Crippen molar-refractivity contribution in [3.63, 3.8) is 0 Å². The Morgan fingerprint density at radius 2 is 1.70 bits per heavy atom. The van der Waals surface area contributed by atoms with Crippen molar-refractivity contribution in [3.8, 4) is 0 Å². The van der Waals surface area contributed by atoms with E-state index in [0.29, 0.717) is 42.8 Å². The predicted molar refractivity (Wildman–Crippen MR) is 123 cm³/mol. The molecular weight excluding hydrogens is 421 g/mol. The Bertz CT molecular complexity index is 947. The number of nitrogens with one attached hydrogen (secondary N) is 1. The second-order valence-electron chi connectivity index (χ2n) is 7.42. The zero-order valence-electron chi connectivity index (χ0n) is 17.1.